The van der Waals surface area contributed by atoms with E-state index < -0.39 is 10.7 Å². The van der Waals surface area contributed by atoms with Crippen LogP contribution in [0.25, 0.3) is 0 Å². The summed E-state index contributed by atoms with van der Waals surface area (Å²) >= 11 is 12.5. The molecule has 1 heterocycles. The zero-order valence-electron chi connectivity index (χ0n) is 8.87. The molecule has 0 saturated carbocycles. The smallest absolute Gasteiger partial charge is 0.281 e. The second-order valence-corrected chi connectivity index (χ2v) is 5.93. The fourth-order valence-corrected chi connectivity index (χ4v) is 3.17. The number of hydrogen-bond acceptors (Lipinski definition) is 2. The number of thiazole rings is 1. The molecule has 0 spiro atoms. The lowest BCUT2D eigenvalue weighted by Crippen LogP contribution is -2.18. The fraction of sp³-hybridized carbons (Fsp3) is 0.600. The van der Waals surface area contributed by atoms with Crippen molar-refractivity contribution >= 4 is 40.4 Å². The van der Waals surface area contributed by atoms with Gasteiger partial charge in [-0.2, -0.15) is 4.99 Å². The molecule has 0 unspecified atom stereocenters. The first kappa shape index (κ1) is 12.1. The average Bonchev–Trinajstić information content (AvgIpc) is 2.56. The molecule has 2 rings (SSSR count). The van der Waals surface area contributed by atoms with Crippen molar-refractivity contribution in [2.45, 2.75) is 30.5 Å². The van der Waals surface area contributed by atoms with E-state index in [0.717, 1.165) is 12.8 Å². The second-order valence-electron chi connectivity index (χ2n) is 3.77. The Morgan fingerprint density at radius 1 is 1.44 bits per heavy atom. The van der Waals surface area contributed by atoms with E-state index >= 15 is 0 Å². The van der Waals surface area contributed by atoms with E-state index in [9.17, 15) is 4.79 Å². The maximum Gasteiger partial charge on any atom is 0.281 e. The molecule has 1 aliphatic rings. The van der Waals surface area contributed by atoms with Crippen LogP contribution in [0.4, 0.5) is 0 Å². The number of alkyl halides is 2. The van der Waals surface area contributed by atoms with Gasteiger partial charge in [0.1, 0.15) is 0 Å². The lowest BCUT2D eigenvalue weighted by atomic mass is 10.0. The Morgan fingerprint density at radius 3 is 2.75 bits per heavy atom. The molecular weight excluding hydrogens is 267 g/mol. The van der Waals surface area contributed by atoms with Crippen LogP contribution in [0.15, 0.2) is 4.99 Å². The van der Waals surface area contributed by atoms with Crippen LogP contribution in [-0.2, 0) is 24.7 Å². The number of rotatable bonds is 1. The average molecular weight is 279 g/mol. The summed E-state index contributed by atoms with van der Waals surface area (Å²) in [6.45, 7) is 0. The van der Waals surface area contributed by atoms with Crippen molar-refractivity contribution in [2.75, 3.05) is 0 Å². The maximum absolute atomic E-state index is 11.3. The highest BCUT2D eigenvalue weighted by atomic mass is 35.5. The quantitative estimate of drug-likeness (QED) is 0.726. The predicted octanol–water partition coefficient (Wildman–Crippen LogP) is 2.20. The van der Waals surface area contributed by atoms with E-state index in [0.29, 0.717) is 4.80 Å². The molecule has 0 fully saturated rings. The molecule has 1 amide bonds. The lowest BCUT2D eigenvalue weighted by molar-refractivity contribution is -0.116. The molecule has 16 heavy (non-hydrogen) atoms. The topological polar surface area (TPSA) is 34.4 Å². The number of aryl methyl sites for hydroxylation is 1. The molecule has 1 aromatic heterocycles. The number of amides is 1. The van der Waals surface area contributed by atoms with Crippen molar-refractivity contribution in [1.82, 2.24) is 4.57 Å². The summed E-state index contributed by atoms with van der Waals surface area (Å²) < 4.78 is 1.98. The van der Waals surface area contributed by atoms with Gasteiger partial charge in [-0.15, -0.1) is 11.3 Å². The minimum atomic E-state index is -1.07. The fourth-order valence-electron chi connectivity index (χ4n) is 1.86. The van der Waals surface area contributed by atoms with E-state index in [1.54, 1.807) is 11.3 Å². The van der Waals surface area contributed by atoms with Gasteiger partial charge in [-0.05, 0) is 25.7 Å². The molecule has 0 atom stereocenters. The van der Waals surface area contributed by atoms with E-state index in [-0.39, 0.29) is 0 Å². The Morgan fingerprint density at radius 2 is 2.12 bits per heavy atom. The molecule has 3 nitrogen and oxygen atoms in total. The number of halogens is 2. The van der Waals surface area contributed by atoms with Crippen LogP contribution < -0.4 is 4.80 Å². The summed E-state index contributed by atoms with van der Waals surface area (Å²) in [4.78, 5) is 16.2. The number of hydrogen-bond donors (Lipinski definition) is 0. The molecule has 0 saturated heterocycles. The summed E-state index contributed by atoms with van der Waals surface area (Å²) in [6.07, 6.45) is 4.58. The third kappa shape index (κ3) is 2.34. The maximum atomic E-state index is 11.3. The zero-order valence-corrected chi connectivity index (χ0v) is 11.2. The highest BCUT2D eigenvalue weighted by molar-refractivity contribution is 7.09. The Hall–Kier alpha value is -0.320. The van der Waals surface area contributed by atoms with Gasteiger partial charge in [0, 0.05) is 17.6 Å². The van der Waals surface area contributed by atoms with Gasteiger partial charge in [-0.1, -0.05) is 23.2 Å². The van der Waals surface area contributed by atoms with Crippen molar-refractivity contribution in [2.24, 2.45) is 12.0 Å². The number of nitrogens with zero attached hydrogens (tertiary/aromatic N) is 2. The molecule has 1 aliphatic carbocycles. The van der Waals surface area contributed by atoms with E-state index in [4.69, 9.17) is 23.2 Å². The van der Waals surface area contributed by atoms with Gasteiger partial charge in [0.2, 0.25) is 0 Å². The van der Waals surface area contributed by atoms with Crippen molar-refractivity contribution in [3.63, 3.8) is 0 Å². The van der Waals surface area contributed by atoms with E-state index in [2.05, 4.69) is 4.99 Å². The molecule has 0 bridgehead atoms. The molecule has 0 radical (unpaired) electrons. The zero-order chi connectivity index (χ0) is 11.7. The first-order valence-electron chi connectivity index (χ1n) is 5.14. The summed E-state index contributed by atoms with van der Waals surface area (Å²) in [6, 6.07) is 0. The Kier molecular flexibility index (Phi) is 3.72. The minimum absolute atomic E-state index is 0.488. The molecular formula is C10H12Cl2N2OS. The van der Waals surface area contributed by atoms with Gasteiger partial charge >= 0.3 is 0 Å². The van der Waals surface area contributed by atoms with Crippen molar-refractivity contribution in [3.8, 4) is 0 Å². The van der Waals surface area contributed by atoms with Gasteiger partial charge < -0.3 is 4.57 Å². The van der Waals surface area contributed by atoms with E-state index in [1.165, 1.54) is 23.4 Å². The SMILES string of the molecule is Cn1c2c(s/c1=N/C(=O)C(Cl)Cl)CCCC2. The first-order chi connectivity index (χ1) is 7.59. The van der Waals surface area contributed by atoms with Crippen LogP contribution >= 0.6 is 34.5 Å². The van der Waals surface area contributed by atoms with Crippen LogP contribution in [0.3, 0.4) is 0 Å². The molecule has 0 aromatic carbocycles. The van der Waals surface area contributed by atoms with E-state index in [1.807, 2.05) is 11.6 Å². The second kappa shape index (κ2) is 4.90. The van der Waals surface area contributed by atoms with Gasteiger partial charge in [-0.3, -0.25) is 4.79 Å². The largest absolute Gasteiger partial charge is 0.323 e. The third-order valence-electron chi connectivity index (χ3n) is 2.69. The minimum Gasteiger partial charge on any atom is -0.323 e. The lowest BCUT2D eigenvalue weighted by Gasteiger charge is -2.11. The van der Waals surface area contributed by atoms with Crippen LogP contribution in [0.1, 0.15) is 23.4 Å². The Labute approximate surface area is 108 Å². The van der Waals surface area contributed by atoms with Crippen molar-refractivity contribution < 1.29 is 4.79 Å². The van der Waals surface area contributed by atoms with Gasteiger partial charge in [-0.25, -0.2) is 0 Å². The van der Waals surface area contributed by atoms with Crippen LogP contribution in [0, 0.1) is 0 Å². The van der Waals surface area contributed by atoms with Gasteiger partial charge in [0.05, 0.1) is 0 Å². The number of carbonyl (C=O) groups excluding carboxylic acids is 1. The number of fused-ring (bicyclic) bond motifs is 1. The molecule has 1 aromatic rings. The Bertz CT molecular complexity index is 476. The first-order valence-corrected chi connectivity index (χ1v) is 6.83. The standard InChI is InChI=1S/C10H12Cl2N2OS/c1-14-6-4-2-3-5-7(6)16-10(14)13-9(15)8(11)12/h8H,2-5H2,1H3/b13-10+. The highest BCUT2D eigenvalue weighted by Gasteiger charge is 2.16. The molecule has 88 valence electrons. The van der Waals surface area contributed by atoms with Crippen molar-refractivity contribution in [3.05, 3.63) is 15.4 Å². The third-order valence-corrected chi connectivity index (χ3v) is 4.30. The monoisotopic (exact) mass is 278 g/mol. The normalized spacial score (nSPS) is 16.6. The van der Waals surface area contributed by atoms with Crippen LogP contribution in [0.2, 0.25) is 0 Å². The summed E-state index contributed by atoms with van der Waals surface area (Å²) in [5, 5.41) is 0. The highest BCUT2D eigenvalue weighted by Crippen LogP contribution is 2.22. The van der Waals surface area contributed by atoms with Gasteiger partial charge in [0.25, 0.3) is 5.91 Å². The van der Waals surface area contributed by atoms with Crippen LogP contribution in [-0.4, -0.2) is 15.3 Å². The van der Waals surface area contributed by atoms with Crippen molar-refractivity contribution in [1.29, 1.82) is 0 Å². The molecule has 0 aliphatic heterocycles. The number of aromatic nitrogens is 1. The summed E-state index contributed by atoms with van der Waals surface area (Å²) in [5.74, 6) is -0.488. The Balaban J connectivity index is 2.43. The summed E-state index contributed by atoms with van der Waals surface area (Å²) in [7, 11) is 1.93. The molecule has 0 N–H and O–H groups in total. The summed E-state index contributed by atoms with van der Waals surface area (Å²) in [5.41, 5.74) is 1.29. The van der Waals surface area contributed by atoms with Crippen LogP contribution in [0.5, 0.6) is 0 Å². The predicted molar refractivity (Wildman–Crippen MR) is 66.0 cm³/mol. The number of carbonyl (C=O) groups is 1. The molecule has 6 heteroatoms. The van der Waals surface area contributed by atoms with Gasteiger partial charge in [0.15, 0.2) is 9.64 Å².